The number of aryl methyl sites for hydroxylation is 1. The van der Waals surface area contributed by atoms with Gasteiger partial charge in [0.25, 0.3) is 5.91 Å². The van der Waals surface area contributed by atoms with Gasteiger partial charge in [0.1, 0.15) is 5.58 Å². The molecule has 0 radical (unpaired) electrons. The average molecular weight is 418 g/mol. The first kappa shape index (κ1) is 20.8. The first-order valence-electron chi connectivity index (χ1n) is 10.3. The zero-order chi connectivity index (χ0) is 22.5. The minimum absolute atomic E-state index is 0.156. The van der Waals surface area contributed by atoms with Crippen LogP contribution < -0.4 is 10.9 Å². The molecule has 0 unspecified atom stereocenters. The van der Waals surface area contributed by atoms with E-state index >= 15 is 0 Å². The molecule has 1 aromatic carbocycles. The fourth-order valence-electron chi connectivity index (χ4n) is 3.60. The number of nitrogens with zero attached hydrogens (tertiary/aromatic N) is 3. The van der Waals surface area contributed by atoms with E-state index in [0.29, 0.717) is 22.5 Å². The summed E-state index contributed by atoms with van der Waals surface area (Å²) in [6.07, 6.45) is 0. The fraction of sp³-hybridized carbons (Fsp3) is 0.333. The van der Waals surface area contributed by atoms with Crippen LogP contribution in [0.3, 0.4) is 0 Å². The maximum Gasteiger partial charge on any atom is 0.336 e. The topological polar surface area (TPSA) is 90.0 Å². The van der Waals surface area contributed by atoms with Crippen LogP contribution in [0, 0.1) is 6.92 Å². The Balaban J connectivity index is 1.82. The highest BCUT2D eigenvalue weighted by Gasteiger charge is 2.25. The number of nitrogens with one attached hydrogen (secondary N) is 1. The first-order valence-corrected chi connectivity index (χ1v) is 10.3. The Bertz CT molecular complexity index is 1370. The third-order valence-electron chi connectivity index (χ3n) is 5.18. The van der Waals surface area contributed by atoms with E-state index in [-0.39, 0.29) is 17.4 Å². The molecule has 3 heterocycles. The van der Waals surface area contributed by atoms with Crippen LogP contribution in [0.1, 0.15) is 62.3 Å². The van der Waals surface area contributed by atoms with Crippen molar-refractivity contribution in [3.63, 3.8) is 0 Å². The normalized spacial score (nSPS) is 12.1. The van der Waals surface area contributed by atoms with Crippen LogP contribution in [0.4, 0.5) is 5.69 Å². The minimum atomic E-state index is -0.406. The summed E-state index contributed by atoms with van der Waals surface area (Å²) in [6, 6.07) is 10.1. The lowest BCUT2D eigenvalue weighted by Gasteiger charge is -2.20. The van der Waals surface area contributed by atoms with E-state index in [1.54, 1.807) is 24.3 Å². The summed E-state index contributed by atoms with van der Waals surface area (Å²) >= 11 is 0. The van der Waals surface area contributed by atoms with Crippen LogP contribution in [0.5, 0.6) is 0 Å². The van der Waals surface area contributed by atoms with Crippen molar-refractivity contribution in [1.82, 2.24) is 14.8 Å². The molecular formula is C24H26N4O3. The van der Waals surface area contributed by atoms with E-state index in [1.807, 2.05) is 17.7 Å². The third kappa shape index (κ3) is 3.83. The Morgan fingerprint density at radius 3 is 2.55 bits per heavy atom. The predicted octanol–water partition coefficient (Wildman–Crippen LogP) is 4.98. The highest BCUT2D eigenvalue weighted by Crippen LogP contribution is 2.29. The smallest absolute Gasteiger partial charge is 0.336 e. The van der Waals surface area contributed by atoms with Gasteiger partial charge in [-0.25, -0.2) is 14.5 Å². The largest absolute Gasteiger partial charge is 0.423 e. The van der Waals surface area contributed by atoms with E-state index in [2.05, 4.69) is 39.9 Å². The lowest BCUT2D eigenvalue weighted by molar-refractivity contribution is 0.102. The summed E-state index contributed by atoms with van der Waals surface area (Å²) in [7, 11) is 0. The van der Waals surface area contributed by atoms with Crippen molar-refractivity contribution >= 4 is 33.6 Å². The molecule has 3 aromatic heterocycles. The zero-order valence-electron chi connectivity index (χ0n) is 18.6. The minimum Gasteiger partial charge on any atom is -0.423 e. The van der Waals surface area contributed by atoms with Gasteiger partial charge in [-0.05, 0) is 63.9 Å². The van der Waals surface area contributed by atoms with Crippen molar-refractivity contribution in [2.24, 2.45) is 0 Å². The summed E-state index contributed by atoms with van der Waals surface area (Å²) in [4.78, 5) is 29.6. The van der Waals surface area contributed by atoms with Crippen molar-refractivity contribution in [1.29, 1.82) is 0 Å². The molecule has 0 bridgehead atoms. The lowest BCUT2D eigenvalue weighted by Crippen LogP contribution is -2.24. The molecule has 7 heteroatoms. The molecule has 31 heavy (non-hydrogen) atoms. The van der Waals surface area contributed by atoms with Gasteiger partial charge in [0.05, 0.1) is 22.2 Å². The van der Waals surface area contributed by atoms with Crippen molar-refractivity contribution in [2.45, 2.75) is 53.0 Å². The predicted molar refractivity (Wildman–Crippen MR) is 122 cm³/mol. The molecule has 1 N–H and O–H groups in total. The van der Waals surface area contributed by atoms with Gasteiger partial charge in [-0.1, -0.05) is 13.8 Å². The molecule has 0 fully saturated rings. The Morgan fingerprint density at radius 2 is 1.87 bits per heavy atom. The maximum atomic E-state index is 13.4. The van der Waals surface area contributed by atoms with Gasteiger partial charge in [-0.3, -0.25) is 4.79 Å². The SMILES string of the molecule is Cc1nn(C(C)(C)C)c2nc(C(C)C)cc(C(=O)Nc3ccc4oc(=O)ccc4c3)c12. The summed E-state index contributed by atoms with van der Waals surface area (Å²) in [5.74, 6) is -0.0780. The van der Waals surface area contributed by atoms with Gasteiger partial charge in [0, 0.05) is 22.8 Å². The van der Waals surface area contributed by atoms with Gasteiger partial charge in [0.2, 0.25) is 0 Å². The number of amides is 1. The number of carbonyl (C=O) groups is 1. The number of hydrogen-bond donors (Lipinski definition) is 1. The van der Waals surface area contributed by atoms with Crippen molar-refractivity contribution in [3.8, 4) is 0 Å². The molecule has 4 aromatic rings. The number of fused-ring (bicyclic) bond motifs is 2. The molecule has 0 aliphatic heterocycles. The molecular weight excluding hydrogens is 392 g/mol. The van der Waals surface area contributed by atoms with Gasteiger partial charge < -0.3 is 9.73 Å². The van der Waals surface area contributed by atoms with Crippen LogP contribution >= 0.6 is 0 Å². The van der Waals surface area contributed by atoms with E-state index in [0.717, 1.165) is 22.2 Å². The van der Waals surface area contributed by atoms with Crippen LogP contribution in [-0.4, -0.2) is 20.7 Å². The molecule has 0 atom stereocenters. The Morgan fingerprint density at radius 1 is 1.13 bits per heavy atom. The highest BCUT2D eigenvalue weighted by atomic mass is 16.4. The molecule has 1 amide bonds. The van der Waals surface area contributed by atoms with Crippen molar-refractivity contribution in [3.05, 3.63) is 63.8 Å². The number of anilines is 1. The second kappa shape index (κ2) is 7.34. The van der Waals surface area contributed by atoms with Crippen LogP contribution in [0.2, 0.25) is 0 Å². The first-order chi connectivity index (χ1) is 14.5. The molecule has 0 aliphatic rings. The van der Waals surface area contributed by atoms with Gasteiger partial charge in [-0.2, -0.15) is 5.10 Å². The number of carbonyl (C=O) groups excluding carboxylic acids is 1. The standard InChI is InChI=1S/C24H26N4O3/c1-13(2)18-12-17(21-14(3)27-28(22(21)26-18)24(4,5)6)23(30)25-16-8-9-19-15(11-16)7-10-20(29)31-19/h7-13H,1-6H3,(H,25,30). The van der Waals surface area contributed by atoms with Gasteiger partial charge in [-0.15, -0.1) is 0 Å². The fourth-order valence-corrected chi connectivity index (χ4v) is 3.60. The van der Waals surface area contributed by atoms with E-state index in [1.165, 1.54) is 6.07 Å². The molecule has 7 nitrogen and oxygen atoms in total. The summed E-state index contributed by atoms with van der Waals surface area (Å²) in [6.45, 7) is 12.2. The molecule has 0 aliphatic carbocycles. The van der Waals surface area contributed by atoms with E-state index in [9.17, 15) is 9.59 Å². The Labute approximate surface area is 180 Å². The van der Waals surface area contributed by atoms with E-state index < -0.39 is 5.63 Å². The Kier molecular flexibility index (Phi) is 4.92. The lowest BCUT2D eigenvalue weighted by atomic mass is 10.0. The molecule has 160 valence electrons. The number of aromatic nitrogens is 3. The highest BCUT2D eigenvalue weighted by molar-refractivity contribution is 6.13. The number of pyridine rings is 1. The van der Waals surface area contributed by atoms with Gasteiger partial charge in [0.15, 0.2) is 5.65 Å². The number of rotatable bonds is 3. The molecule has 0 saturated heterocycles. The average Bonchev–Trinajstić information content (AvgIpc) is 3.04. The number of hydrogen-bond acceptors (Lipinski definition) is 5. The summed E-state index contributed by atoms with van der Waals surface area (Å²) < 4.78 is 7.06. The second-order valence-electron chi connectivity index (χ2n) is 9.08. The second-order valence-corrected chi connectivity index (χ2v) is 9.08. The number of benzene rings is 1. The summed E-state index contributed by atoms with van der Waals surface area (Å²) in [5.41, 5.74) is 3.26. The summed E-state index contributed by atoms with van der Waals surface area (Å²) in [5, 5.41) is 9.15. The van der Waals surface area contributed by atoms with Crippen molar-refractivity contribution in [2.75, 3.05) is 5.32 Å². The van der Waals surface area contributed by atoms with Crippen LogP contribution in [0.25, 0.3) is 22.0 Å². The zero-order valence-corrected chi connectivity index (χ0v) is 18.6. The maximum absolute atomic E-state index is 13.4. The third-order valence-corrected chi connectivity index (χ3v) is 5.18. The van der Waals surface area contributed by atoms with Crippen LogP contribution in [0.15, 0.2) is 45.6 Å². The molecule has 4 rings (SSSR count). The quantitative estimate of drug-likeness (QED) is 0.474. The van der Waals surface area contributed by atoms with Crippen LogP contribution in [-0.2, 0) is 5.54 Å². The monoisotopic (exact) mass is 418 g/mol. The van der Waals surface area contributed by atoms with Gasteiger partial charge >= 0.3 is 5.63 Å². The molecule has 0 saturated carbocycles. The Hall–Kier alpha value is -3.48. The van der Waals surface area contributed by atoms with Crippen molar-refractivity contribution < 1.29 is 9.21 Å². The molecule has 0 spiro atoms. The van der Waals surface area contributed by atoms with E-state index in [4.69, 9.17) is 14.5 Å².